The number of ether oxygens (including phenoxy) is 2. The van der Waals surface area contributed by atoms with Crippen molar-refractivity contribution >= 4 is 0 Å². The first-order valence-electron chi connectivity index (χ1n) is 11.7. The molecule has 3 unspecified atom stereocenters. The minimum atomic E-state index is -0.775. The molecule has 0 radical (unpaired) electrons. The number of hydrogen-bond acceptors (Lipinski definition) is 4. The number of hydrogen-bond donors (Lipinski definition) is 2. The highest BCUT2D eigenvalue weighted by Crippen LogP contribution is 2.46. The summed E-state index contributed by atoms with van der Waals surface area (Å²) in [6.45, 7) is 20.4. The molecular weight excluding hydrogens is 364 g/mol. The van der Waals surface area contributed by atoms with E-state index >= 15 is 0 Å². The molecule has 0 saturated heterocycles. The highest BCUT2D eigenvalue weighted by atomic mass is 16.6. The summed E-state index contributed by atoms with van der Waals surface area (Å²) in [5.41, 5.74) is 0.310. The van der Waals surface area contributed by atoms with Gasteiger partial charge in [0.25, 0.3) is 0 Å². The fraction of sp³-hybridized carbons (Fsp3) is 1.00. The Kier molecular flexibility index (Phi) is 10.1. The van der Waals surface area contributed by atoms with Crippen LogP contribution in [0.2, 0.25) is 0 Å². The van der Waals surface area contributed by atoms with Crippen LogP contribution in [0.3, 0.4) is 0 Å². The van der Waals surface area contributed by atoms with E-state index in [2.05, 4.69) is 41.5 Å². The van der Waals surface area contributed by atoms with Gasteiger partial charge < -0.3 is 19.7 Å². The van der Waals surface area contributed by atoms with E-state index in [9.17, 15) is 10.2 Å². The van der Waals surface area contributed by atoms with Crippen molar-refractivity contribution in [2.24, 2.45) is 28.6 Å². The topological polar surface area (TPSA) is 58.9 Å². The molecule has 3 atom stereocenters. The van der Waals surface area contributed by atoms with Crippen molar-refractivity contribution in [2.75, 3.05) is 6.61 Å². The molecule has 0 aliphatic heterocycles. The lowest BCUT2D eigenvalue weighted by Gasteiger charge is -2.44. The van der Waals surface area contributed by atoms with Gasteiger partial charge in [-0.1, -0.05) is 41.5 Å². The SMILES string of the molecule is CC(C)(C)CC(C1CCC(C(O)OCCCC(O)OC(C)(C)C)CC1)C(C)(C)C. The second-order valence-electron chi connectivity index (χ2n) is 12.5. The lowest BCUT2D eigenvalue weighted by atomic mass is 9.62. The number of aliphatic hydroxyl groups excluding tert-OH is 2. The minimum absolute atomic E-state index is 0.234. The molecule has 4 heteroatoms. The highest BCUT2D eigenvalue weighted by Gasteiger charge is 2.38. The molecule has 29 heavy (non-hydrogen) atoms. The first kappa shape index (κ1) is 26.9. The van der Waals surface area contributed by atoms with E-state index in [1.165, 1.54) is 19.3 Å². The normalized spacial score (nSPS) is 24.9. The highest BCUT2D eigenvalue weighted by molar-refractivity contribution is 4.87. The zero-order valence-electron chi connectivity index (χ0n) is 20.8. The van der Waals surface area contributed by atoms with Gasteiger partial charge in [0.15, 0.2) is 12.6 Å². The third-order valence-corrected chi connectivity index (χ3v) is 6.11. The second kappa shape index (κ2) is 10.9. The molecule has 0 aromatic carbocycles. The predicted molar refractivity (Wildman–Crippen MR) is 121 cm³/mol. The Balaban J connectivity index is 2.39. The van der Waals surface area contributed by atoms with Gasteiger partial charge in [-0.15, -0.1) is 0 Å². The van der Waals surface area contributed by atoms with Crippen LogP contribution in [-0.4, -0.2) is 35.0 Å². The monoisotopic (exact) mass is 414 g/mol. The van der Waals surface area contributed by atoms with E-state index in [0.29, 0.717) is 36.2 Å². The van der Waals surface area contributed by atoms with Crippen LogP contribution in [0.4, 0.5) is 0 Å². The van der Waals surface area contributed by atoms with Crippen molar-refractivity contribution in [1.29, 1.82) is 0 Å². The summed E-state index contributed by atoms with van der Waals surface area (Å²) >= 11 is 0. The van der Waals surface area contributed by atoms with Gasteiger partial charge in [-0.3, -0.25) is 0 Å². The Hall–Kier alpha value is -0.160. The van der Waals surface area contributed by atoms with Crippen LogP contribution in [0.15, 0.2) is 0 Å². The number of rotatable bonds is 9. The van der Waals surface area contributed by atoms with E-state index < -0.39 is 12.6 Å². The quantitative estimate of drug-likeness (QED) is 0.351. The maximum Gasteiger partial charge on any atom is 0.157 e. The molecule has 0 aromatic heterocycles. The molecule has 2 N–H and O–H groups in total. The summed E-state index contributed by atoms with van der Waals surface area (Å²) in [6.07, 6.45) is 5.44. The van der Waals surface area contributed by atoms with Gasteiger partial charge in [-0.05, 0) is 82.0 Å². The minimum Gasteiger partial charge on any atom is -0.368 e. The van der Waals surface area contributed by atoms with Crippen LogP contribution in [0.25, 0.3) is 0 Å². The lowest BCUT2D eigenvalue weighted by Crippen LogP contribution is -2.36. The fourth-order valence-corrected chi connectivity index (χ4v) is 4.74. The third-order valence-electron chi connectivity index (χ3n) is 6.11. The molecule has 0 spiro atoms. The average molecular weight is 415 g/mol. The fourth-order valence-electron chi connectivity index (χ4n) is 4.74. The predicted octanol–water partition coefficient (Wildman–Crippen LogP) is 6.14. The first-order valence-corrected chi connectivity index (χ1v) is 11.7. The van der Waals surface area contributed by atoms with E-state index in [1.54, 1.807) is 0 Å². The second-order valence-corrected chi connectivity index (χ2v) is 12.5. The van der Waals surface area contributed by atoms with Gasteiger partial charge >= 0.3 is 0 Å². The maximum absolute atomic E-state index is 10.5. The molecule has 0 aromatic rings. The van der Waals surface area contributed by atoms with Gasteiger partial charge in [0.1, 0.15) is 0 Å². The summed E-state index contributed by atoms with van der Waals surface area (Å²) in [6, 6.07) is 0. The molecule has 1 aliphatic rings. The van der Waals surface area contributed by atoms with Crippen molar-refractivity contribution < 1.29 is 19.7 Å². The van der Waals surface area contributed by atoms with Gasteiger partial charge in [0.05, 0.1) is 5.60 Å². The van der Waals surface area contributed by atoms with Gasteiger partial charge in [0, 0.05) is 18.9 Å². The Morgan fingerprint density at radius 3 is 1.79 bits per heavy atom. The van der Waals surface area contributed by atoms with Crippen LogP contribution in [0.5, 0.6) is 0 Å². The zero-order valence-corrected chi connectivity index (χ0v) is 20.8. The Morgan fingerprint density at radius 2 is 1.34 bits per heavy atom. The lowest BCUT2D eigenvalue weighted by molar-refractivity contribution is -0.176. The summed E-state index contributed by atoms with van der Waals surface area (Å²) in [7, 11) is 0. The maximum atomic E-state index is 10.5. The smallest absolute Gasteiger partial charge is 0.157 e. The van der Waals surface area contributed by atoms with Crippen LogP contribution in [-0.2, 0) is 9.47 Å². The van der Waals surface area contributed by atoms with E-state index in [1.807, 2.05) is 20.8 Å². The van der Waals surface area contributed by atoms with E-state index in [4.69, 9.17) is 9.47 Å². The van der Waals surface area contributed by atoms with Crippen molar-refractivity contribution in [3.63, 3.8) is 0 Å². The first-order chi connectivity index (χ1) is 13.1. The standard InChI is InChI=1S/C25H50O4/c1-23(2,3)17-20(24(4,5)6)18-12-14-19(15-13-18)22(27)28-16-10-11-21(26)29-25(7,8)9/h18-22,26-27H,10-17H2,1-9H3. The molecule has 0 amide bonds. The molecule has 174 valence electrons. The van der Waals surface area contributed by atoms with Crippen molar-refractivity contribution in [2.45, 2.75) is 125 Å². The van der Waals surface area contributed by atoms with E-state index in [-0.39, 0.29) is 11.5 Å². The third kappa shape index (κ3) is 11.1. The molecule has 4 nitrogen and oxygen atoms in total. The molecular formula is C25H50O4. The molecule has 1 aliphatic carbocycles. The summed E-state index contributed by atoms with van der Waals surface area (Å²) < 4.78 is 11.2. The largest absolute Gasteiger partial charge is 0.368 e. The molecule has 1 saturated carbocycles. The molecule has 0 bridgehead atoms. The van der Waals surface area contributed by atoms with Crippen LogP contribution >= 0.6 is 0 Å². The summed E-state index contributed by atoms with van der Waals surface area (Å²) in [5, 5.41) is 20.4. The summed E-state index contributed by atoms with van der Waals surface area (Å²) in [5.74, 6) is 1.69. The molecule has 1 fully saturated rings. The van der Waals surface area contributed by atoms with Gasteiger partial charge in [-0.25, -0.2) is 0 Å². The van der Waals surface area contributed by atoms with Crippen molar-refractivity contribution in [3.05, 3.63) is 0 Å². The average Bonchev–Trinajstić information content (AvgIpc) is 2.53. The van der Waals surface area contributed by atoms with Gasteiger partial charge in [0.2, 0.25) is 0 Å². The van der Waals surface area contributed by atoms with Crippen LogP contribution in [0, 0.1) is 28.6 Å². The van der Waals surface area contributed by atoms with Crippen LogP contribution < -0.4 is 0 Å². The van der Waals surface area contributed by atoms with Crippen LogP contribution in [0.1, 0.15) is 107 Å². The van der Waals surface area contributed by atoms with Crippen molar-refractivity contribution in [1.82, 2.24) is 0 Å². The Morgan fingerprint density at radius 1 is 0.828 bits per heavy atom. The van der Waals surface area contributed by atoms with E-state index in [0.717, 1.165) is 18.8 Å². The molecule has 1 rings (SSSR count). The zero-order chi connectivity index (χ0) is 22.5. The van der Waals surface area contributed by atoms with Gasteiger partial charge in [-0.2, -0.15) is 0 Å². The summed E-state index contributed by atoms with van der Waals surface area (Å²) in [4.78, 5) is 0. The number of aliphatic hydroxyl groups is 2. The van der Waals surface area contributed by atoms with Crippen molar-refractivity contribution in [3.8, 4) is 0 Å². The Labute approximate surface area is 180 Å². The Bertz CT molecular complexity index is 447. The molecule has 0 heterocycles.